The van der Waals surface area contributed by atoms with Gasteiger partial charge in [-0.25, -0.2) is 4.39 Å². The molecule has 0 aromatic rings. The number of nitroso groups, excluding NO2 is 1. The lowest BCUT2D eigenvalue weighted by Gasteiger charge is -2.24. The van der Waals surface area contributed by atoms with E-state index in [0.717, 1.165) is 25.9 Å². The zero-order valence-corrected chi connectivity index (χ0v) is 7.18. The molecule has 0 aromatic heterocycles. The monoisotopic (exact) mass is 174 g/mol. The van der Waals surface area contributed by atoms with Crippen LogP contribution in [0.25, 0.3) is 0 Å². The van der Waals surface area contributed by atoms with Gasteiger partial charge in [0, 0.05) is 0 Å². The minimum absolute atomic E-state index is 0.174. The van der Waals surface area contributed by atoms with Crippen LogP contribution in [-0.4, -0.2) is 25.3 Å². The largest absolute Gasteiger partial charge is 0.317 e. The number of rotatable bonds is 2. The number of hydrogen-bond acceptors (Lipinski definition) is 3. The molecule has 0 aromatic carbocycles. The summed E-state index contributed by atoms with van der Waals surface area (Å²) in [6, 6.07) is 0. The average molecular weight is 174 g/mol. The van der Waals surface area contributed by atoms with Crippen LogP contribution in [0.4, 0.5) is 4.39 Å². The molecule has 1 fully saturated rings. The van der Waals surface area contributed by atoms with Gasteiger partial charge in [-0.15, -0.1) is 0 Å². The van der Waals surface area contributed by atoms with Crippen molar-refractivity contribution in [3.05, 3.63) is 4.91 Å². The minimum atomic E-state index is -1.32. The van der Waals surface area contributed by atoms with Crippen LogP contribution in [0.3, 0.4) is 0 Å². The predicted molar refractivity (Wildman–Crippen MR) is 45.8 cm³/mol. The number of hydrogen-bond donors (Lipinski definition) is 1. The van der Waals surface area contributed by atoms with Crippen LogP contribution < -0.4 is 5.32 Å². The van der Waals surface area contributed by atoms with E-state index in [-0.39, 0.29) is 6.54 Å². The molecule has 1 heterocycles. The summed E-state index contributed by atoms with van der Waals surface area (Å²) >= 11 is 0. The fourth-order valence-corrected chi connectivity index (χ4v) is 1.58. The maximum absolute atomic E-state index is 13.7. The van der Waals surface area contributed by atoms with Crippen molar-refractivity contribution in [2.24, 2.45) is 5.18 Å². The van der Waals surface area contributed by atoms with E-state index in [4.69, 9.17) is 0 Å². The fraction of sp³-hybridized carbons (Fsp3) is 1.00. The number of alkyl halides is 1. The van der Waals surface area contributed by atoms with Crippen LogP contribution in [0.5, 0.6) is 0 Å². The van der Waals surface area contributed by atoms with Gasteiger partial charge < -0.3 is 5.32 Å². The lowest BCUT2D eigenvalue weighted by Crippen LogP contribution is -2.32. The molecule has 0 bridgehead atoms. The first kappa shape index (κ1) is 9.58. The maximum Gasteiger partial charge on any atom is 0.134 e. The van der Waals surface area contributed by atoms with E-state index in [0.29, 0.717) is 12.8 Å². The lowest BCUT2D eigenvalue weighted by atomic mass is 9.93. The van der Waals surface area contributed by atoms with Crippen molar-refractivity contribution in [2.45, 2.75) is 31.4 Å². The summed E-state index contributed by atoms with van der Waals surface area (Å²) in [5, 5.41) is 5.85. The van der Waals surface area contributed by atoms with Crippen molar-refractivity contribution in [3.63, 3.8) is 0 Å². The van der Waals surface area contributed by atoms with Crippen LogP contribution in [0.1, 0.15) is 25.7 Å². The van der Waals surface area contributed by atoms with Gasteiger partial charge >= 0.3 is 0 Å². The van der Waals surface area contributed by atoms with E-state index >= 15 is 0 Å². The highest BCUT2D eigenvalue weighted by atomic mass is 19.1. The van der Waals surface area contributed by atoms with Crippen LogP contribution in [0.2, 0.25) is 0 Å². The molecular weight excluding hydrogens is 159 g/mol. The van der Waals surface area contributed by atoms with Crippen molar-refractivity contribution < 1.29 is 4.39 Å². The fourth-order valence-electron chi connectivity index (χ4n) is 1.58. The molecule has 0 spiro atoms. The molecule has 0 amide bonds. The Hall–Kier alpha value is -0.510. The summed E-state index contributed by atoms with van der Waals surface area (Å²) in [6.07, 6.45) is 2.52. The Morgan fingerprint density at radius 3 is 2.42 bits per heavy atom. The first-order chi connectivity index (χ1) is 5.77. The van der Waals surface area contributed by atoms with Gasteiger partial charge in [0.15, 0.2) is 0 Å². The molecule has 0 radical (unpaired) electrons. The standard InChI is InChI=1S/C8H15FN2O/c9-8(7-11-12)3-1-5-10-6-2-4-8/h10H,1-7H2. The smallest absolute Gasteiger partial charge is 0.134 e. The summed E-state index contributed by atoms with van der Waals surface area (Å²) in [6.45, 7) is 1.53. The van der Waals surface area contributed by atoms with Gasteiger partial charge in [0.05, 0.1) is 0 Å². The van der Waals surface area contributed by atoms with Gasteiger partial charge in [-0.3, -0.25) is 0 Å². The van der Waals surface area contributed by atoms with Gasteiger partial charge in [-0.1, -0.05) is 5.18 Å². The van der Waals surface area contributed by atoms with Crippen LogP contribution >= 0.6 is 0 Å². The SMILES string of the molecule is O=NCC1(F)CCCNCCC1. The molecule has 0 aliphatic carbocycles. The maximum atomic E-state index is 13.7. The lowest BCUT2D eigenvalue weighted by molar-refractivity contribution is 0.134. The Bertz CT molecular complexity index is 144. The first-order valence-corrected chi connectivity index (χ1v) is 4.46. The van der Waals surface area contributed by atoms with Crippen molar-refractivity contribution in [2.75, 3.05) is 19.6 Å². The van der Waals surface area contributed by atoms with Crippen molar-refractivity contribution in [1.82, 2.24) is 5.32 Å². The molecule has 0 saturated carbocycles. The van der Waals surface area contributed by atoms with E-state index < -0.39 is 5.67 Å². The molecule has 4 heteroatoms. The molecule has 3 nitrogen and oxygen atoms in total. The van der Waals surface area contributed by atoms with Crippen LogP contribution in [0, 0.1) is 4.91 Å². The molecule has 1 N–H and O–H groups in total. The Labute approximate surface area is 71.7 Å². The molecule has 1 aliphatic rings. The number of nitrogens with one attached hydrogen (secondary N) is 1. The summed E-state index contributed by atoms with van der Waals surface area (Å²) in [5.74, 6) is 0. The van der Waals surface area contributed by atoms with Crippen molar-refractivity contribution >= 4 is 0 Å². The quantitative estimate of drug-likeness (QED) is 0.646. The third kappa shape index (κ3) is 2.85. The molecule has 1 rings (SSSR count). The Balaban J connectivity index is 2.41. The van der Waals surface area contributed by atoms with Gasteiger partial charge in [0.1, 0.15) is 12.2 Å². The Morgan fingerprint density at radius 2 is 1.92 bits per heavy atom. The zero-order valence-electron chi connectivity index (χ0n) is 7.18. The molecule has 70 valence electrons. The minimum Gasteiger partial charge on any atom is -0.317 e. The molecular formula is C8H15FN2O. The molecule has 12 heavy (non-hydrogen) atoms. The van der Waals surface area contributed by atoms with E-state index in [2.05, 4.69) is 10.5 Å². The third-order valence-corrected chi connectivity index (χ3v) is 2.30. The average Bonchev–Trinajstić information content (AvgIpc) is 1.99. The molecule has 0 atom stereocenters. The molecule has 1 saturated heterocycles. The van der Waals surface area contributed by atoms with Gasteiger partial charge in [-0.05, 0) is 38.8 Å². The number of halogens is 1. The van der Waals surface area contributed by atoms with Gasteiger partial charge in [0.2, 0.25) is 0 Å². The van der Waals surface area contributed by atoms with E-state index in [9.17, 15) is 9.30 Å². The summed E-state index contributed by atoms with van der Waals surface area (Å²) in [4.78, 5) is 9.97. The van der Waals surface area contributed by atoms with Gasteiger partial charge in [-0.2, -0.15) is 4.91 Å². The van der Waals surface area contributed by atoms with Gasteiger partial charge in [0.25, 0.3) is 0 Å². The third-order valence-electron chi connectivity index (χ3n) is 2.30. The van der Waals surface area contributed by atoms with Crippen LogP contribution in [-0.2, 0) is 0 Å². The first-order valence-electron chi connectivity index (χ1n) is 4.46. The number of nitrogens with zero attached hydrogens (tertiary/aromatic N) is 1. The highest BCUT2D eigenvalue weighted by Crippen LogP contribution is 2.25. The predicted octanol–water partition coefficient (Wildman–Crippen LogP) is 1.62. The van der Waals surface area contributed by atoms with Crippen molar-refractivity contribution in [1.29, 1.82) is 0 Å². The van der Waals surface area contributed by atoms with Crippen LogP contribution in [0.15, 0.2) is 5.18 Å². The summed E-state index contributed by atoms with van der Waals surface area (Å²) in [5.41, 5.74) is -1.32. The highest BCUT2D eigenvalue weighted by Gasteiger charge is 2.29. The summed E-state index contributed by atoms with van der Waals surface area (Å²) in [7, 11) is 0. The topological polar surface area (TPSA) is 41.5 Å². The second-order valence-corrected chi connectivity index (χ2v) is 3.40. The van der Waals surface area contributed by atoms with E-state index in [1.807, 2.05) is 0 Å². The zero-order chi connectivity index (χ0) is 8.86. The Kier molecular flexibility index (Phi) is 3.59. The second-order valence-electron chi connectivity index (χ2n) is 3.40. The summed E-state index contributed by atoms with van der Waals surface area (Å²) < 4.78 is 13.7. The second kappa shape index (κ2) is 4.50. The normalized spacial score (nSPS) is 24.1. The highest BCUT2D eigenvalue weighted by molar-refractivity contribution is 4.83. The molecule has 0 unspecified atom stereocenters. The Morgan fingerprint density at radius 1 is 1.33 bits per heavy atom. The van der Waals surface area contributed by atoms with E-state index in [1.54, 1.807) is 0 Å². The van der Waals surface area contributed by atoms with Crippen molar-refractivity contribution in [3.8, 4) is 0 Å². The molecule has 1 aliphatic heterocycles. The van der Waals surface area contributed by atoms with E-state index in [1.165, 1.54) is 0 Å².